The summed E-state index contributed by atoms with van der Waals surface area (Å²) in [4.78, 5) is 11.3. The predicted molar refractivity (Wildman–Crippen MR) is 76.4 cm³/mol. The standard InChI is InChI=1S/C12H15ClFN3O.ClH/c1-12(2,11(17)18)5-6-3-4-7(14)8(9(6)13)10(15)16;/h3-4H,5H2,1-2H3,(H3,15,16)(H2,17,18);1H. The van der Waals surface area contributed by atoms with Crippen molar-refractivity contribution in [3.63, 3.8) is 0 Å². The minimum absolute atomic E-state index is 0. The molecule has 1 aromatic carbocycles. The molecule has 0 bridgehead atoms. The molecule has 0 spiro atoms. The number of carbonyl (C=O) groups is 1. The Morgan fingerprint density at radius 3 is 2.37 bits per heavy atom. The van der Waals surface area contributed by atoms with Gasteiger partial charge in [0, 0.05) is 5.41 Å². The summed E-state index contributed by atoms with van der Waals surface area (Å²) in [7, 11) is 0. The van der Waals surface area contributed by atoms with Crippen LogP contribution in [0, 0.1) is 16.6 Å². The van der Waals surface area contributed by atoms with Crippen molar-refractivity contribution in [2.75, 3.05) is 0 Å². The molecule has 0 unspecified atom stereocenters. The Bertz CT molecular complexity index is 518. The van der Waals surface area contributed by atoms with Gasteiger partial charge in [0.1, 0.15) is 11.7 Å². The number of nitrogens with one attached hydrogen (secondary N) is 1. The van der Waals surface area contributed by atoms with E-state index in [0.717, 1.165) is 0 Å². The maximum atomic E-state index is 13.5. The zero-order chi connectivity index (χ0) is 14.1. The summed E-state index contributed by atoms with van der Waals surface area (Å²) in [6, 6.07) is 2.64. The third-order valence-electron chi connectivity index (χ3n) is 2.74. The van der Waals surface area contributed by atoms with E-state index in [1.807, 2.05) is 0 Å². The van der Waals surface area contributed by atoms with Crippen LogP contribution < -0.4 is 11.5 Å². The van der Waals surface area contributed by atoms with Gasteiger partial charge in [0.25, 0.3) is 0 Å². The van der Waals surface area contributed by atoms with Gasteiger partial charge in [-0.1, -0.05) is 31.5 Å². The monoisotopic (exact) mass is 307 g/mol. The molecule has 0 fully saturated rings. The highest BCUT2D eigenvalue weighted by Crippen LogP contribution is 2.29. The molecule has 1 rings (SSSR count). The van der Waals surface area contributed by atoms with Crippen LogP contribution in [-0.2, 0) is 11.2 Å². The van der Waals surface area contributed by atoms with E-state index in [1.54, 1.807) is 13.8 Å². The number of hydrogen-bond acceptors (Lipinski definition) is 2. The lowest BCUT2D eigenvalue weighted by molar-refractivity contribution is -0.125. The van der Waals surface area contributed by atoms with E-state index in [9.17, 15) is 9.18 Å². The van der Waals surface area contributed by atoms with Crippen molar-refractivity contribution in [3.05, 3.63) is 34.1 Å². The highest BCUT2D eigenvalue weighted by atomic mass is 35.5. The SMILES string of the molecule is CC(C)(Cc1ccc(F)c(C(=N)N)c1Cl)C(N)=O.Cl. The summed E-state index contributed by atoms with van der Waals surface area (Å²) in [5.74, 6) is -1.59. The lowest BCUT2D eigenvalue weighted by Crippen LogP contribution is -2.33. The van der Waals surface area contributed by atoms with Gasteiger partial charge < -0.3 is 11.5 Å². The molecule has 5 N–H and O–H groups in total. The van der Waals surface area contributed by atoms with Crippen LogP contribution in [0.1, 0.15) is 25.0 Å². The number of hydrogen-bond donors (Lipinski definition) is 3. The summed E-state index contributed by atoms with van der Waals surface area (Å²) >= 11 is 6.01. The van der Waals surface area contributed by atoms with Crippen molar-refractivity contribution in [2.24, 2.45) is 16.9 Å². The second kappa shape index (κ2) is 6.21. The number of nitrogens with two attached hydrogens (primary N) is 2. The van der Waals surface area contributed by atoms with Crippen LogP contribution in [0.4, 0.5) is 4.39 Å². The average molecular weight is 308 g/mol. The van der Waals surface area contributed by atoms with Crippen molar-refractivity contribution in [2.45, 2.75) is 20.3 Å². The summed E-state index contributed by atoms with van der Waals surface area (Å²) in [6.07, 6.45) is 0.252. The van der Waals surface area contributed by atoms with Gasteiger partial charge in [-0.05, 0) is 18.1 Å². The molecule has 4 nitrogen and oxygen atoms in total. The van der Waals surface area contributed by atoms with Gasteiger partial charge in [0.05, 0.1) is 10.6 Å². The van der Waals surface area contributed by atoms with Crippen molar-refractivity contribution in [1.29, 1.82) is 5.41 Å². The van der Waals surface area contributed by atoms with E-state index in [-0.39, 0.29) is 29.4 Å². The molecule has 0 aliphatic rings. The Kier molecular flexibility index (Phi) is 5.78. The van der Waals surface area contributed by atoms with Gasteiger partial charge in [-0.15, -0.1) is 12.4 Å². The average Bonchev–Trinajstić information content (AvgIpc) is 2.21. The zero-order valence-electron chi connectivity index (χ0n) is 10.6. The molecule has 19 heavy (non-hydrogen) atoms. The summed E-state index contributed by atoms with van der Waals surface area (Å²) < 4.78 is 13.5. The number of carbonyl (C=O) groups excluding carboxylic acids is 1. The van der Waals surface area contributed by atoms with E-state index in [0.29, 0.717) is 5.56 Å². The van der Waals surface area contributed by atoms with Crippen LogP contribution in [0.2, 0.25) is 5.02 Å². The first-order chi connectivity index (χ1) is 8.16. The Labute approximate surface area is 122 Å². The minimum atomic E-state index is -0.810. The van der Waals surface area contributed by atoms with Gasteiger partial charge in [0.2, 0.25) is 5.91 Å². The number of rotatable bonds is 4. The Balaban J connectivity index is 0.00000324. The van der Waals surface area contributed by atoms with Gasteiger partial charge in [-0.25, -0.2) is 4.39 Å². The van der Waals surface area contributed by atoms with E-state index >= 15 is 0 Å². The lowest BCUT2D eigenvalue weighted by atomic mass is 9.84. The van der Waals surface area contributed by atoms with Crippen molar-refractivity contribution >= 4 is 35.8 Å². The van der Waals surface area contributed by atoms with E-state index in [2.05, 4.69) is 0 Å². The van der Waals surface area contributed by atoms with Crippen LogP contribution in [0.25, 0.3) is 0 Å². The Hall–Kier alpha value is -1.33. The van der Waals surface area contributed by atoms with Crippen molar-refractivity contribution in [1.82, 2.24) is 0 Å². The molecule has 1 amide bonds. The molecule has 106 valence electrons. The number of primary amides is 1. The fraction of sp³-hybridized carbons (Fsp3) is 0.333. The van der Waals surface area contributed by atoms with Crippen LogP contribution in [-0.4, -0.2) is 11.7 Å². The van der Waals surface area contributed by atoms with Crippen LogP contribution in [0.3, 0.4) is 0 Å². The second-order valence-corrected chi connectivity index (χ2v) is 5.11. The molecule has 0 radical (unpaired) electrons. The van der Waals surface area contributed by atoms with E-state index in [1.165, 1.54) is 12.1 Å². The quantitative estimate of drug-likeness (QED) is 0.588. The van der Waals surface area contributed by atoms with Crippen LogP contribution >= 0.6 is 24.0 Å². The Morgan fingerprint density at radius 2 is 1.95 bits per heavy atom. The molecule has 0 saturated heterocycles. The lowest BCUT2D eigenvalue weighted by Gasteiger charge is -2.21. The molecule has 1 aromatic rings. The first kappa shape index (κ1) is 17.7. The Morgan fingerprint density at radius 1 is 1.42 bits per heavy atom. The highest BCUT2D eigenvalue weighted by Gasteiger charge is 2.27. The van der Waals surface area contributed by atoms with Gasteiger partial charge in [0.15, 0.2) is 0 Å². The van der Waals surface area contributed by atoms with Crippen LogP contribution in [0.5, 0.6) is 0 Å². The van der Waals surface area contributed by atoms with Gasteiger partial charge in [-0.2, -0.15) is 0 Å². The van der Waals surface area contributed by atoms with Crippen molar-refractivity contribution in [3.8, 4) is 0 Å². The first-order valence-electron chi connectivity index (χ1n) is 5.28. The largest absolute Gasteiger partial charge is 0.384 e. The fourth-order valence-corrected chi connectivity index (χ4v) is 1.86. The first-order valence-corrected chi connectivity index (χ1v) is 5.66. The molecule has 0 saturated carbocycles. The number of nitrogen functional groups attached to an aromatic ring is 1. The predicted octanol–water partition coefficient (Wildman–Crippen LogP) is 2.24. The van der Waals surface area contributed by atoms with Gasteiger partial charge >= 0.3 is 0 Å². The maximum absolute atomic E-state index is 13.5. The maximum Gasteiger partial charge on any atom is 0.223 e. The highest BCUT2D eigenvalue weighted by molar-refractivity contribution is 6.34. The topological polar surface area (TPSA) is 93.0 Å². The number of benzene rings is 1. The molecule has 7 heteroatoms. The number of amidine groups is 1. The normalized spacial score (nSPS) is 10.7. The summed E-state index contributed by atoms with van der Waals surface area (Å²) in [5, 5.41) is 7.34. The van der Waals surface area contributed by atoms with Gasteiger partial charge in [-0.3, -0.25) is 10.2 Å². The number of amides is 1. The molecular formula is C12H16Cl2FN3O. The van der Waals surface area contributed by atoms with Crippen LogP contribution in [0.15, 0.2) is 12.1 Å². The van der Waals surface area contributed by atoms with Crippen molar-refractivity contribution < 1.29 is 9.18 Å². The summed E-state index contributed by atoms with van der Waals surface area (Å²) in [5.41, 5.74) is 10.1. The third kappa shape index (κ3) is 3.81. The third-order valence-corrected chi connectivity index (χ3v) is 3.17. The number of halogens is 3. The van der Waals surface area contributed by atoms with E-state index in [4.69, 9.17) is 28.5 Å². The van der Waals surface area contributed by atoms with E-state index < -0.39 is 23.0 Å². The molecule has 0 atom stereocenters. The molecule has 0 aliphatic heterocycles. The fourth-order valence-electron chi connectivity index (χ4n) is 1.54. The zero-order valence-corrected chi connectivity index (χ0v) is 12.2. The minimum Gasteiger partial charge on any atom is -0.384 e. The molecular weight excluding hydrogens is 292 g/mol. The molecule has 0 heterocycles. The summed E-state index contributed by atoms with van der Waals surface area (Å²) in [6.45, 7) is 3.34. The molecule has 0 aliphatic carbocycles. The smallest absolute Gasteiger partial charge is 0.223 e. The molecule has 0 aromatic heterocycles. The second-order valence-electron chi connectivity index (χ2n) is 4.73.